The Morgan fingerprint density at radius 2 is 1.85 bits per heavy atom. The topological polar surface area (TPSA) is 44.8 Å². The van der Waals surface area contributed by atoms with Gasteiger partial charge in [-0.25, -0.2) is 0 Å². The Kier molecular flexibility index (Phi) is 11.2. The van der Waals surface area contributed by atoms with E-state index >= 15 is 0 Å². The third-order valence-corrected chi connectivity index (χ3v) is 3.57. The molecule has 0 radical (unpaired) electrons. The minimum Gasteiger partial charge on any atom is -0.462 e. The Morgan fingerprint density at radius 3 is 2.40 bits per heavy atom. The van der Waals surface area contributed by atoms with Crippen LogP contribution in [0, 0.1) is 5.92 Å². The summed E-state index contributed by atoms with van der Waals surface area (Å²) in [5.74, 6) is 0.108. The molecule has 20 heavy (non-hydrogen) atoms. The van der Waals surface area contributed by atoms with Gasteiger partial charge in [-0.3, -0.25) is 4.79 Å². The summed E-state index contributed by atoms with van der Waals surface area (Å²) >= 11 is 6.32. The Balaban J connectivity index is 3.97. The molecule has 0 aromatic heterocycles. The smallest absolute Gasteiger partial charge is 0.326 e. The van der Waals surface area contributed by atoms with E-state index < -0.39 is 4.87 Å². The zero-order valence-electron chi connectivity index (χ0n) is 13.2. The van der Waals surface area contributed by atoms with Crippen molar-refractivity contribution in [1.29, 1.82) is 0 Å². The number of hydrogen-bond donors (Lipinski definition) is 0. The van der Waals surface area contributed by atoms with E-state index in [1.165, 1.54) is 0 Å². The number of hydrogen-bond acceptors (Lipinski definition) is 4. The molecule has 0 fully saturated rings. The summed E-state index contributed by atoms with van der Waals surface area (Å²) in [7, 11) is 1.61. The summed E-state index contributed by atoms with van der Waals surface area (Å²) < 4.78 is 15.3. The first-order valence-corrected chi connectivity index (χ1v) is 7.78. The van der Waals surface area contributed by atoms with E-state index in [2.05, 4.69) is 13.8 Å². The van der Waals surface area contributed by atoms with Crippen LogP contribution in [0.1, 0.15) is 46.5 Å². The van der Waals surface area contributed by atoms with Crippen LogP contribution < -0.4 is 0 Å². The van der Waals surface area contributed by atoms with E-state index in [0.717, 1.165) is 19.3 Å². The molecule has 0 rings (SSSR count). The maximum atomic E-state index is 12.0. The highest BCUT2D eigenvalue weighted by molar-refractivity contribution is 6.33. The molecular formula is C15H29ClO4. The molecule has 0 aliphatic carbocycles. The van der Waals surface area contributed by atoms with Gasteiger partial charge in [0.25, 0.3) is 0 Å². The van der Waals surface area contributed by atoms with Crippen LogP contribution in [0.3, 0.4) is 0 Å². The minimum absolute atomic E-state index is 0.232. The van der Waals surface area contributed by atoms with Crippen molar-refractivity contribution in [2.24, 2.45) is 5.92 Å². The molecule has 0 aliphatic heterocycles. The number of carbonyl (C=O) groups excluding carboxylic acids is 1. The van der Waals surface area contributed by atoms with Gasteiger partial charge < -0.3 is 14.2 Å². The van der Waals surface area contributed by atoms with Crippen molar-refractivity contribution in [3.8, 4) is 0 Å². The van der Waals surface area contributed by atoms with E-state index in [1.807, 2.05) is 0 Å². The number of esters is 1. The number of alkyl halides is 1. The zero-order chi connectivity index (χ0) is 15.4. The van der Waals surface area contributed by atoms with Crippen LogP contribution in [-0.2, 0) is 19.0 Å². The third-order valence-electron chi connectivity index (χ3n) is 3.26. The van der Waals surface area contributed by atoms with E-state index in [4.69, 9.17) is 25.8 Å². The lowest BCUT2D eigenvalue weighted by Gasteiger charge is -2.25. The molecule has 0 amide bonds. The summed E-state index contributed by atoms with van der Waals surface area (Å²) in [6.45, 7) is 7.65. The predicted molar refractivity (Wildman–Crippen MR) is 81.2 cm³/mol. The molecule has 5 heteroatoms. The van der Waals surface area contributed by atoms with Crippen molar-refractivity contribution in [3.05, 3.63) is 0 Å². The lowest BCUT2D eigenvalue weighted by Crippen LogP contribution is -2.34. The summed E-state index contributed by atoms with van der Waals surface area (Å²) in [4.78, 5) is 11.0. The molecular weight excluding hydrogens is 280 g/mol. The maximum absolute atomic E-state index is 12.0. The predicted octanol–water partition coefficient (Wildman–Crippen LogP) is 3.41. The van der Waals surface area contributed by atoms with Crippen LogP contribution in [-0.4, -0.2) is 44.4 Å². The average Bonchev–Trinajstić information content (AvgIpc) is 2.41. The van der Waals surface area contributed by atoms with Gasteiger partial charge in [-0.05, 0) is 19.3 Å². The van der Waals surface area contributed by atoms with Gasteiger partial charge in [-0.2, -0.15) is 0 Å². The van der Waals surface area contributed by atoms with Gasteiger partial charge in [0.2, 0.25) is 0 Å². The Labute approximate surface area is 128 Å². The number of ether oxygens (including phenoxy) is 3. The highest BCUT2D eigenvalue weighted by Crippen LogP contribution is 2.29. The molecule has 0 saturated heterocycles. The first kappa shape index (κ1) is 19.7. The summed E-state index contributed by atoms with van der Waals surface area (Å²) in [6, 6.07) is 0. The summed E-state index contributed by atoms with van der Waals surface area (Å²) in [5, 5.41) is 0. The number of rotatable bonds is 12. The van der Waals surface area contributed by atoms with Crippen LogP contribution in [0.15, 0.2) is 0 Å². The highest BCUT2D eigenvalue weighted by Gasteiger charge is 2.34. The number of halogens is 1. The summed E-state index contributed by atoms with van der Waals surface area (Å²) in [6.07, 6.45) is 3.88. The van der Waals surface area contributed by atoms with Crippen LogP contribution >= 0.6 is 11.6 Å². The van der Waals surface area contributed by atoms with Crippen molar-refractivity contribution >= 4 is 17.6 Å². The van der Waals surface area contributed by atoms with Crippen molar-refractivity contribution in [2.75, 3.05) is 33.5 Å². The van der Waals surface area contributed by atoms with Crippen molar-refractivity contribution in [3.63, 3.8) is 0 Å². The molecule has 2 unspecified atom stereocenters. The first-order valence-electron chi connectivity index (χ1n) is 7.40. The van der Waals surface area contributed by atoms with Crippen molar-refractivity contribution in [1.82, 2.24) is 0 Å². The van der Waals surface area contributed by atoms with Gasteiger partial charge in [0.05, 0.1) is 19.8 Å². The second-order valence-corrected chi connectivity index (χ2v) is 6.04. The molecule has 0 aromatic rings. The highest BCUT2D eigenvalue weighted by atomic mass is 35.5. The zero-order valence-corrected chi connectivity index (χ0v) is 14.0. The normalized spacial score (nSPS) is 15.7. The molecule has 0 spiro atoms. The van der Waals surface area contributed by atoms with Crippen LogP contribution in [0.2, 0.25) is 0 Å². The quantitative estimate of drug-likeness (QED) is 0.315. The third kappa shape index (κ3) is 8.77. The molecule has 2 atom stereocenters. The molecule has 0 aromatic carbocycles. The van der Waals surface area contributed by atoms with E-state index in [0.29, 0.717) is 32.2 Å². The van der Waals surface area contributed by atoms with Crippen LogP contribution in [0.4, 0.5) is 0 Å². The van der Waals surface area contributed by atoms with Crippen LogP contribution in [0.5, 0.6) is 0 Å². The monoisotopic (exact) mass is 308 g/mol. The molecule has 120 valence electrons. The number of carbonyl (C=O) groups is 1. The Hall–Kier alpha value is -0.320. The fraction of sp³-hybridized carbons (Fsp3) is 0.933. The van der Waals surface area contributed by atoms with E-state index in [-0.39, 0.29) is 12.6 Å². The van der Waals surface area contributed by atoms with Gasteiger partial charge in [0, 0.05) is 7.11 Å². The lowest BCUT2D eigenvalue weighted by atomic mass is 9.89. The van der Waals surface area contributed by atoms with Crippen molar-refractivity contribution < 1.29 is 19.0 Å². The lowest BCUT2D eigenvalue weighted by molar-refractivity contribution is -0.148. The molecule has 0 N–H and O–H groups in total. The number of methoxy groups -OCH3 is 1. The summed E-state index contributed by atoms with van der Waals surface area (Å²) in [5.41, 5.74) is 0. The molecule has 0 aliphatic rings. The maximum Gasteiger partial charge on any atom is 0.326 e. The fourth-order valence-electron chi connectivity index (χ4n) is 2.07. The standard InChI is InChI=1S/C15H29ClO4/c1-5-7-13(6-2)12-15(3,16)14(17)20-11-10-19-9-8-18-4/h13H,5-12H2,1-4H3. The minimum atomic E-state index is -0.942. The van der Waals surface area contributed by atoms with Crippen molar-refractivity contribution in [2.45, 2.75) is 51.3 Å². The second-order valence-electron chi connectivity index (χ2n) is 5.21. The van der Waals surface area contributed by atoms with Gasteiger partial charge in [-0.15, -0.1) is 11.6 Å². The SMILES string of the molecule is CCCC(CC)CC(C)(Cl)C(=O)OCCOCCOC. The largest absolute Gasteiger partial charge is 0.462 e. The Bertz CT molecular complexity index is 256. The Morgan fingerprint density at radius 1 is 1.20 bits per heavy atom. The van der Waals surface area contributed by atoms with E-state index in [1.54, 1.807) is 14.0 Å². The van der Waals surface area contributed by atoms with Gasteiger partial charge in [0.1, 0.15) is 11.5 Å². The van der Waals surface area contributed by atoms with Gasteiger partial charge >= 0.3 is 5.97 Å². The van der Waals surface area contributed by atoms with Crippen LogP contribution in [0.25, 0.3) is 0 Å². The second kappa shape index (κ2) is 11.4. The van der Waals surface area contributed by atoms with E-state index in [9.17, 15) is 4.79 Å². The molecule has 4 nitrogen and oxygen atoms in total. The fourth-order valence-corrected chi connectivity index (χ4v) is 2.35. The average molecular weight is 309 g/mol. The first-order chi connectivity index (χ1) is 9.47. The van der Waals surface area contributed by atoms with Gasteiger partial charge in [0.15, 0.2) is 0 Å². The molecule has 0 saturated carbocycles. The molecule has 0 heterocycles. The van der Waals surface area contributed by atoms with Gasteiger partial charge in [-0.1, -0.05) is 33.1 Å². The molecule has 0 bridgehead atoms.